The number of carbonyl (C=O) groups is 1. The van der Waals surface area contributed by atoms with E-state index in [1.54, 1.807) is 18.2 Å². The van der Waals surface area contributed by atoms with Crippen molar-refractivity contribution >= 4 is 16.8 Å². The van der Waals surface area contributed by atoms with Gasteiger partial charge in [0.1, 0.15) is 17.2 Å². The second-order valence-electron chi connectivity index (χ2n) is 5.36. The molecule has 1 heterocycles. The van der Waals surface area contributed by atoms with Crippen LogP contribution < -0.4 is 16.0 Å². The summed E-state index contributed by atoms with van der Waals surface area (Å²) in [5, 5.41) is 0.359. The number of hydrogen-bond donors (Lipinski definition) is 1. The first-order chi connectivity index (χ1) is 9.95. The number of ether oxygens (including phenoxy) is 1. The highest BCUT2D eigenvalue weighted by Crippen LogP contribution is 2.22. The third-order valence-electron chi connectivity index (χ3n) is 3.35. The molecule has 0 unspecified atom stereocenters. The lowest BCUT2D eigenvalue weighted by Gasteiger charge is -2.18. The van der Waals surface area contributed by atoms with Crippen LogP contribution in [-0.4, -0.2) is 22.6 Å². The normalized spacial score (nSPS) is 12.6. The quantitative estimate of drug-likeness (QED) is 0.903. The molecule has 2 N–H and O–H groups in total. The molecule has 1 atom stereocenters. The van der Waals surface area contributed by atoms with Gasteiger partial charge in [0.15, 0.2) is 0 Å². The summed E-state index contributed by atoms with van der Waals surface area (Å²) in [6.45, 7) is 3.94. The largest absolute Gasteiger partial charge is 0.496 e. The van der Waals surface area contributed by atoms with Crippen molar-refractivity contribution in [3.05, 3.63) is 34.9 Å². The maximum atomic E-state index is 12.7. The lowest BCUT2D eigenvalue weighted by Crippen LogP contribution is -2.35. The van der Waals surface area contributed by atoms with Crippen molar-refractivity contribution in [3.8, 4) is 5.75 Å². The second-order valence-corrected chi connectivity index (χ2v) is 5.36. The highest BCUT2D eigenvalue weighted by atomic mass is 16.5. The van der Waals surface area contributed by atoms with E-state index in [1.165, 1.54) is 18.0 Å². The van der Waals surface area contributed by atoms with E-state index in [0.717, 1.165) is 0 Å². The summed E-state index contributed by atoms with van der Waals surface area (Å²) in [6.07, 6.45) is 1.86. The van der Waals surface area contributed by atoms with Crippen LogP contribution in [0.3, 0.4) is 0 Å². The first-order valence-electron chi connectivity index (χ1n) is 6.78. The number of nitrogens with two attached hydrogens (primary N) is 1. The molecular weight excluding hydrogens is 270 g/mol. The zero-order valence-corrected chi connectivity index (χ0v) is 12.4. The topological polar surface area (TPSA) is 87.2 Å². The Morgan fingerprint density at radius 1 is 1.43 bits per heavy atom. The van der Waals surface area contributed by atoms with Gasteiger partial charge in [0.05, 0.1) is 19.0 Å². The standard InChI is InChI=1S/C15H19N3O3/c1-9(2)7-11(14(16)19)18-8-17-10-5-4-6-12(21-3)13(10)15(18)20/h4-6,8-9,11H,7H2,1-3H3,(H2,16,19)/t11-/m0/s1. The number of hydrogen-bond acceptors (Lipinski definition) is 4. The van der Waals surface area contributed by atoms with E-state index < -0.39 is 11.9 Å². The van der Waals surface area contributed by atoms with Crippen molar-refractivity contribution in [3.63, 3.8) is 0 Å². The molecule has 0 spiro atoms. The number of benzene rings is 1. The molecule has 2 rings (SSSR count). The van der Waals surface area contributed by atoms with Gasteiger partial charge in [0, 0.05) is 0 Å². The van der Waals surface area contributed by atoms with Gasteiger partial charge < -0.3 is 10.5 Å². The maximum Gasteiger partial charge on any atom is 0.265 e. The Morgan fingerprint density at radius 3 is 2.71 bits per heavy atom. The van der Waals surface area contributed by atoms with Crippen LogP contribution in [0.1, 0.15) is 26.3 Å². The molecule has 1 amide bonds. The highest BCUT2D eigenvalue weighted by Gasteiger charge is 2.22. The molecule has 1 aromatic heterocycles. The molecular formula is C15H19N3O3. The maximum absolute atomic E-state index is 12.7. The van der Waals surface area contributed by atoms with Crippen molar-refractivity contribution in [2.24, 2.45) is 11.7 Å². The van der Waals surface area contributed by atoms with Gasteiger partial charge >= 0.3 is 0 Å². The van der Waals surface area contributed by atoms with Crippen molar-refractivity contribution in [1.29, 1.82) is 0 Å². The number of primary amides is 1. The minimum absolute atomic E-state index is 0.225. The Bertz CT molecular complexity index is 722. The van der Waals surface area contributed by atoms with Crippen LogP contribution in [-0.2, 0) is 4.79 Å². The molecule has 0 aliphatic carbocycles. The van der Waals surface area contributed by atoms with Crippen molar-refractivity contribution in [2.45, 2.75) is 26.3 Å². The van der Waals surface area contributed by atoms with Crippen LogP contribution in [0.4, 0.5) is 0 Å². The smallest absolute Gasteiger partial charge is 0.265 e. The van der Waals surface area contributed by atoms with E-state index in [4.69, 9.17) is 10.5 Å². The summed E-state index contributed by atoms with van der Waals surface area (Å²) in [5.74, 6) is 0.122. The van der Waals surface area contributed by atoms with Crippen LogP contribution in [0.5, 0.6) is 5.75 Å². The van der Waals surface area contributed by atoms with Crippen molar-refractivity contribution < 1.29 is 9.53 Å². The molecule has 6 nitrogen and oxygen atoms in total. The van der Waals surface area contributed by atoms with Gasteiger partial charge in [-0.25, -0.2) is 4.98 Å². The number of nitrogens with zero attached hydrogens (tertiary/aromatic N) is 2. The number of methoxy groups -OCH3 is 1. The fourth-order valence-electron chi connectivity index (χ4n) is 2.35. The van der Waals surface area contributed by atoms with E-state index in [0.29, 0.717) is 23.1 Å². The lowest BCUT2D eigenvalue weighted by molar-refractivity contribution is -0.121. The van der Waals surface area contributed by atoms with Crippen LogP contribution in [0.2, 0.25) is 0 Å². The molecule has 0 radical (unpaired) electrons. The summed E-state index contributed by atoms with van der Waals surface area (Å²) in [4.78, 5) is 28.6. The average molecular weight is 289 g/mol. The number of fused-ring (bicyclic) bond motifs is 1. The predicted molar refractivity (Wildman–Crippen MR) is 80.2 cm³/mol. The summed E-state index contributed by atoms with van der Waals surface area (Å²) >= 11 is 0. The fraction of sp³-hybridized carbons (Fsp3) is 0.400. The molecule has 0 aliphatic rings. The lowest BCUT2D eigenvalue weighted by atomic mass is 10.0. The van der Waals surface area contributed by atoms with Gasteiger partial charge in [-0.3, -0.25) is 14.2 Å². The SMILES string of the molecule is COc1cccc2ncn([C@@H](CC(C)C)C(N)=O)c(=O)c12. The molecule has 0 saturated carbocycles. The summed E-state index contributed by atoms with van der Waals surface area (Å²) < 4.78 is 6.51. The molecule has 0 bridgehead atoms. The molecule has 112 valence electrons. The molecule has 0 fully saturated rings. The average Bonchev–Trinajstić information content (AvgIpc) is 2.44. The first kappa shape index (κ1) is 15.0. The number of carbonyl (C=O) groups excluding carboxylic acids is 1. The van der Waals surface area contributed by atoms with Gasteiger partial charge in [-0.15, -0.1) is 0 Å². The third-order valence-corrected chi connectivity index (χ3v) is 3.35. The Balaban J connectivity index is 2.67. The van der Waals surface area contributed by atoms with Gasteiger partial charge in [-0.05, 0) is 24.5 Å². The predicted octanol–water partition coefficient (Wildman–Crippen LogP) is 1.48. The van der Waals surface area contributed by atoms with Crippen LogP contribution in [0.15, 0.2) is 29.3 Å². The summed E-state index contributed by atoms with van der Waals surface area (Å²) in [7, 11) is 1.49. The number of aromatic nitrogens is 2. The van der Waals surface area contributed by atoms with E-state index in [9.17, 15) is 9.59 Å². The number of amides is 1. The van der Waals surface area contributed by atoms with Gasteiger partial charge in [0.25, 0.3) is 5.56 Å². The van der Waals surface area contributed by atoms with E-state index in [1.807, 2.05) is 13.8 Å². The zero-order chi connectivity index (χ0) is 15.6. The second kappa shape index (κ2) is 5.95. The molecule has 6 heteroatoms. The minimum Gasteiger partial charge on any atom is -0.496 e. The monoisotopic (exact) mass is 289 g/mol. The number of rotatable bonds is 5. The summed E-state index contributed by atoms with van der Waals surface area (Å²) in [6, 6.07) is 4.47. The Kier molecular flexibility index (Phi) is 4.26. The van der Waals surface area contributed by atoms with E-state index in [2.05, 4.69) is 4.98 Å². The van der Waals surface area contributed by atoms with Crippen LogP contribution in [0, 0.1) is 5.92 Å². The zero-order valence-electron chi connectivity index (χ0n) is 12.4. The minimum atomic E-state index is -0.709. The molecule has 0 saturated heterocycles. The van der Waals surface area contributed by atoms with E-state index in [-0.39, 0.29) is 11.5 Å². The third kappa shape index (κ3) is 2.89. The molecule has 2 aromatic rings. The van der Waals surface area contributed by atoms with Gasteiger partial charge in [-0.2, -0.15) is 0 Å². The van der Waals surface area contributed by atoms with Crippen LogP contribution in [0.25, 0.3) is 10.9 Å². The van der Waals surface area contributed by atoms with Gasteiger partial charge in [0.2, 0.25) is 5.91 Å². The highest BCUT2D eigenvalue weighted by molar-refractivity contribution is 5.85. The molecule has 0 aliphatic heterocycles. The molecule has 21 heavy (non-hydrogen) atoms. The fourth-order valence-corrected chi connectivity index (χ4v) is 2.35. The Labute approximate surface area is 122 Å². The summed E-state index contributed by atoms with van der Waals surface area (Å²) in [5.41, 5.74) is 5.66. The van der Waals surface area contributed by atoms with E-state index >= 15 is 0 Å². The first-order valence-corrected chi connectivity index (χ1v) is 6.78. The van der Waals surface area contributed by atoms with Gasteiger partial charge in [-0.1, -0.05) is 19.9 Å². The Hall–Kier alpha value is -2.37. The molecule has 1 aromatic carbocycles. The van der Waals surface area contributed by atoms with Crippen LogP contribution >= 0.6 is 0 Å². The Morgan fingerprint density at radius 2 is 2.14 bits per heavy atom. The van der Waals surface area contributed by atoms with Crippen molar-refractivity contribution in [2.75, 3.05) is 7.11 Å². The van der Waals surface area contributed by atoms with Crippen molar-refractivity contribution in [1.82, 2.24) is 9.55 Å².